The first-order chi connectivity index (χ1) is 9.69. The largest absolute Gasteiger partial charge is 0.494 e. The fourth-order valence-electron chi connectivity index (χ4n) is 2.25. The minimum atomic E-state index is 0.528. The van der Waals surface area contributed by atoms with Crippen molar-refractivity contribution in [1.82, 2.24) is 5.32 Å². The molecule has 20 heavy (non-hydrogen) atoms. The van der Waals surface area contributed by atoms with E-state index in [0.29, 0.717) is 19.1 Å². The van der Waals surface area contributed by atoms with Gasteiger partial charge in [-0.25, -0.2) is 4.99 Å². The molecule has 2 rings (SSSR count). The Balaban J connectivity index is 1.90. The molecule has 0 bridgehead atoms. The van der Waals surface area contributed by atoms with Crippen LogP contribution in [0.3, 0.4) is 0 Å². The number of hydrogen-bond acceptors (Lipinski definition) is 2. The zero-order valence-corrected chi connectivity index (χ0v) is 12.5. The van der Waals surface area contributed by atoms with Crippen molar-refractivity contribution in [2.75, 3.05) is 13.2 Å². The minimum Gasteiger partial charge on any atom is -0.494 e. The third-order valence-corrected chi connectivity index (χ3v) is 3.74. The number of aryl methyl sites for hydroxylation is 1. The van der Waals surface area contributed by atoms with Gasteiger partial charge in [-0.1, -0.05) is 18.6 Å². The van der Waals surface area contributed by atoms with Gasteiger partial charge in [-0.2, -0.15) is 0 Å². The topological polar surface area (TPSA) is 59.6 Å². The average Bonchev–Trinajstić information content (AvgIpc) is 2.36. The van der Waals surface area contributed by atoms with Crippen LogP contribution >= 0.6 is 0 Å². The van der Waals surface area contributed by atoms with Crippen molar-refractivity contribution in [3.63, 3.8) is 0 Å². The summed E-state index contributed by atoms with van der Waals surface area (Å²) in [6.07, 6.45) is 3.98. The summed E-state index contributed by atoms with van der Waals surface area (Å²) in [5.41, 5.74) is 8.17. The van der Waals surface area contributed by atoms with E-state index in [1.165, 1.54) is 24.8 Å². The summed E-state index contributed by atoms with van der Waals surface area (Å²) in [6.45, 7) is 6.21. The van der Waals surface area contributed by atoms with E-state index in [1.54, 1.807) is 0 Å². The van der Waals surface area contributed by atoms with E-state index in [9.17, 15) is 0 Å². The van der Waals surface area contributed by atoms with Gasteiger partial charge in [-0.3, -0.25) is 0 Å². The number of aliphatic imine (C=N–C) groups is 1. The smallest absolute Gasteiger partial charge is 0.188 e. The molecule has 0 saturated heterocycles. The van der Waals surface area contributed by atoms with Crippen molar-refractivity contribution in [1.29, 1.82) is 0 Å². The Bertz CT molecular complexity index is 467. The molecule has 0 unspecified atom stereocenters. The van der Waals surface area contributed by atoms with Crippen LogP contribution in [-0.2, 0) is 6.54 Å². The molecule has 0 heterocycles. The van der Waals surface area contributed by atoms with Gasteiger partial charge in [0.1, 0.15) is 5.75 Å². The summed E-state index contributed by atoms with van der Waals surface area (Å²) >= 11 is 0. The van der Waals surface area contributed by atoms with Crippen LogP contribution in [0.4, 0.5) is 0 Å². The summed E-state index contributed by atoms with van der Waals surface area (Å²) in [4.78, 5) is 4.40. The fourth-order valence-corrected chi connectivity index (χ4v) is 2.25. The molecule has 4 heteroatoms. The molecule has 0 atom stereocenters. The van der Waals surface area contributed by atoms with Crippen LogP contribution in [0.1, 0.15) is 37.3 Å². The van der Waals surface area contributed by atoms with Gasteiger partial charge in [0.05, 0.1) is 13.2 Å². The van der Waals surface area contributed by atoms with Crippen LogP contribution in [0.15, 0.2) is 23.2 Å². The van der Waals surface area contributed by atoms with E-state index >= 15 is 0 Å². The first kappa shape index (κ1) is 14.7. The number of nitrogens with two attached hydrogens (primary N) is 1. The van der Waals surface area contributed by atoms with E-state index < -0.39 is 0 Å². The molecule has 0 amide bonds. The number of nitrogens with zero attached hydrogens (tertiary/aromatic N) is 1. The lowest BCUT2D eigenvalue weighted by atomic mass is 9.85. The molecule has 1 saturated carbocycles. The summed E-state index contributed by atoms with van der Waals surface area (Å²) in [5, 5.41) is 3.20. The molecule has 1 aliphatic carbocycles. The second-order valence-corrected chi connectivity index (χ2v) is 5.42. The fraction of sp³-hybridized carbons (Fsp3) is 0.562. The SMILES string of the molecule is CCOc1cc(C)ccc1CN=C(N)NCC1CCC1. The second kappa shape index (κ2) is 7.17. The van der Waals surface area contributed by atoms with Crippen LogP contribution in [0, 0.1) is 12.8 Å². The van der Waals surface area contributed by atoms with E-state index in [2.05, 4.69) is 29.4 Å². The molecule has 1 fully saturated rings. The predicted octanol–water partition coefficient (Wildman–Crippen LogP) is 2.60. The number of nitrogens with one attached hydrogen (secondary N) is 1. The van der Waals surface area contributed by atoms with Gasteiger partial charge in [-0.05, 0) is 44.2 Å². The van der Waals surface area contributed by atoms with Gasteiger partial charge in [0.2, 0.25) is 0 Å². The van der Waals surface area contributed by atoms with Crippen molar-refractivity contribution >= 4 is 5.96 Å². The molecule has 1 aromatic rings. The first-order valence-electron chi connectivity index (χ1n) is 7.45. The maximum atomic E-state index is 5.90. The monoisotopic (exact) mass is 275 g/mol. The van der Waals surface area contributed by atoms with Crippen molar-refractivity contribution < 1.29 is 4.74 Å². The Morgan fingerprint density at radius 1 is 1.45 bits per heavy atom. The zero-order chi connectivity index (χ0) is 14.4. The standard InChI is InChI=1S/C16H25N3O/c1-3-20-15-9-12(2)7-8-14(15)11-19-16(17)18-10-13-5-4-6-13/h7-9,13H,3-6,10-11H2,1-2H3,(H3,17,18,19). The Morgan fingerprint density at radius 2 is 2.25 bits per heavy atom. The molecule has 1 aliphatic rings. The molecule has 4 nitrogen and oxygen atoms in total. The number of benzene rings is 1. The normalized spacial score (nSPS) is 15.8. The highest BCUT2D eigenvalue weighted by Crippen LogP contribution is 2.25. The van der Waals surface area contributed by atoms with Gasteiger partial charge < -0.3 is 15.8 Å². The molecular formula is C16H25N3O. The van der Waals surface area contributed by atoms with Crippen molar-refractivity contribution in [2.45, 2.75) is 39.7 Å². The maximum absolute atomic E-state index is 5.90. The van der Waals surface area contributed by atoms with Crippen LogP contribution in [0.5, 0.6) is 5.75 Å². The number of guanidine groups is 1. The lowest BCUT2D eigenvalue weighted by molar-refractivity contribution is 0.315. The van der Waals surface area contributed by atoms with Gasteiger partial charge in [0.15, 0.2) is 5.96 Å². The molecular weight excluding hydrogens is 250 g/mol. The Labute approximate surface area is 121 Å². The van der Waals surface area contributed by atoms with Gasteiger partial charge in [0.25, 0.3) is 0 Å². The molecule has 3 N–H and O–H groups in total. The first-order valence-corrected chi connectivity index (χ1v) is 7.45. The third kappa shape index (κ3) is 4.15. The predicted molar refractivity (Wildman–Crippen MR) is 83.0 cm³/mol. The van der Waals surface area contributed by atoms with Gasteiger partial charge >= 0.3 is 0 Å². The van der Waals surface area contributed by atoms with E-state index in [-0.39, 0.29) is 0 Å². The Morgan fingerprint density at radius 3 is 2.90 bits per heavy atom. The van der Waals surface area contributed by atoms with Crippen molar-refractivity contribution in [3.05, 3.63) is 29.3 Å². The maximum Gasteiger partial charge on any atom is 0.188 e. The highest BCUT2D eigenvalue weighted by atomic mass is 16.5. The quantitative estimate of drug-likeness (QED) is 0.619. The Hall–Kier alpha value is -1.71. The minimum absolute atomic E-state index is 0.528. The average molecular weight is 275 g/mol. The van der Waals surface area contributed by atoms with Gasteiger partial charge in [-0.15, -0.1) is 0 Å². The van der Waals surface area contributed by atoms with Crippen molar-refractivity contribution in [3.8, 4) is 5.75 Å². The van der Waals surface area contributed by atoms with Crippen LogP contribution in [0.2, 0.25) is 0 Å². The summed E-state index contributed by atoms with van der Waals surface area (Å²) in [6, 6.07) is 6.18. The highest BCUT2D eigenvalue weighted by Gasteiger charge is 2.16. The molecule has 0 aromatic heterocycles. The molecule has 0 spiro atoms. The molecule has 0 radical (unpaired) electrons. The number of rotatable bonds is 6. The van der Waals surface area contributed by atoms with E-state index in [1.807, 2.05) is 13.0 Å². The van der Waals surface area contributed by atoms with Crippen LogP contribution < -0.4 is 15.8 Å². The third-order valence-electron chi connectivity index (χ3n) is 3.74. The summed E-state index contributed by atoms with van der Waals surface area (Å²) in [7, 11) is 0. The number of hydrogen-bond donors (Lipinski definition) is 2. The zero-order valence-electron chi connectivity index (χ0n) is 12.5. The second-order valence-electron chi connectivity index (χ2n) is 5.42. The van der Waals surface area contributed by atoms with Crippen LogP contribution in [0.25, 0.3) is 0 Å². The summed E-state index contributed by atoms with van der Waals surface area (Å²) < 4.78 is 5.64. The molecule has 1 aromatic carbocycles. The lowest BCUT2D eigenvalue weighted by Gasteiger charge is -2.25. The van der Waals surface area contributed by atoms with E-state index in [4.69, 9.17) is 10.5 Å². The van der Waals surface area contributed by atoms with Gasteiger partial charge in [0, 0.05) is 12.1 Å². The highest BCUT2D eigenvalue weighted by molar-refractivity contribution is 5.77. The number of ether oxygens (including phenoxy) is 1. The lowest BCUT2D eigenvalue weighted by Crippen LogP contribution is -2.37. The van der Waals surface area contributed by atoms with Crippen molar-refractivity contribution in [2.24, 2.45) is 16.6 Å². The molecule has 110 valence electrons. The Kier molecular flexibility index (Phi) is 5.27. The van der Waals surface area contributed by atoms with E-state index in [0.717, 1.165) is 23.8 Å². The molecule has 0 aliphatic heterocycles. The summed E-state index contributed by atoms with van der Waals surface area (Å²) in [5.74, 6) is 2.21. The van der Waals surface area contributed by atoms with Crippen LogP contribution in [-0.4, -0.2) is 19.1 Å².